The topological polar surface area (TPSA) is 137 Å². The summed E-state index contributed by atoms with van der Waals surface area (Å²) in [6.45, 7) is 2.79. The van der Waals surface area contributed by atoms with Crippen LogP contribution in [0.4, 0.5) is 0 Å². The van der Waals surface area contributed by atoms with Gasteiger partial charge in [-0.3, -0.25) is 19.2 Å². The molecule has 4 rings (SSSR count). The van der Waals surface area contributed by atoms with E-state index in [-0.39, 0.29) is 31.3 Å². The van der Waals surface area contributed by atoms with E-state index in [4.69, 9.17) is 4.74 Å². The Kier molecular flexibility index (Phi) is 11.3. The van der Waals surface area contributed by atoms with Crippen LogP contribution in [0.2, 0.25) is 0 Å². The van der Waals surface area contributed by atoms with Gasteiger partial charge in [0.2, 0.25) is 23.6 Å². The summed E-state index contributed by atoms with van der Waals surface area (Å²) in [5.41, 5.74) is 1.67. The van der Waals surface area contributed by atoms with E-state index in [1.807, 2.05) is 61.5 Å². The van der Waals surface area contributed by atoms with Crippen molar-refractivity contribution < 1.29 is 29.0 Å². The summed E-state index contributed by atoms with van der Waals surface area (Å²) in [5, 5.41) is 17.9. The van der Waals surface area contributed by atoms with Crippen LogP contribution in [0.1, 0.15) is 56.6 Å². The summed E-state index contributed by atoms with van der Waals surface area (Å²) in [5.74, 6) is -0.928. The number of benzene rings is 2. The van der Waals surface area contributed by atoms with Gasteiger partial charge in [-0.05, 0) is 68.7 Å². The molecule has 4 atom stereocenters. The van der Waals surface area contributed by atoms with Crippen LogP contribution in [0.15, 0.2) is 54.6 Å². The van der Waals surface area contributed by atoms with E-state index in [9.17, 15) is 24.3 Å². The molecule has 0 bridgehead atoms. The van der Waals surface area contributed by atoms with Crippen molar-refractivity contribution in [1.82, 2.24) is 20.9 Å². The first-order valence-corrected chi connectivity index (χ1v) is 15.0. The highest BCUT2D eigenvalue weighted by molar-refractivity contribution is 5.97. The molecule has 2 aromatic carbocycles. The first kappa shape index (κ1) is 31.0. The van der Waals surface area contributed by atoms with Crippen LogP contribution >= 0.6 is 0 Å². The van der Waals surface area contributed by atoms with Gasteiger partial charge in [-0.2, -0.15) is 0 Å². The predicted molar refractivity (Wildman–Crippen MR) is 158 cm³/mol. The molecule has 4 amide bonds. The number of amides is 4. The zero-order chi connectivity index (χ0) is 29.9. The average Bonchev–Trinajstić information content (AvgIpc) is 3.00. The molecule has 10 heteroatoms. The molecule has 10 nitrogen and oxygen atoms in total. The highest BCUT2D eigenvalue weighted by Gasteiger charge is 2.39. The Labute approximate surface area is 247 Å². The molecule has 2 saturated heterocycles. The second-order valence-electron chi connectivity index (χ2n) is 10.9. The number of fused-ring (bicyclic) bond motifs is 1. The lowest BCUT2D eigenvalue weighted by molar-refractivity contribution is -0.146. The van der Waals surface area contributed by atoms with Gasteiger partial charge in [0, 0.05) is 26.0 Å². The molecule has 0 aliphatic carbocycles. The van der Waals surface area contributed by atoms with Gasteiger partial charge in [-0.1, -0.05) is 42.5 Å². The molecule has 0 saturated carbocycles. The Bertz CT molecular complexity index is 1210. The van der Waals surface area contributed by atoms with Crippen LogP contribution in [0.5, 0.6) is 5.75 Å². The number of aliphatic hydroxyl groups excluding tert-OH is 1. The highest BCUT2D eigenvalue weighted by atomic mass is 16.5. The number of ether oxygens (including phenoxy) is 1. The van der Waals surface area contributed by atoms with E-state index >= 15 is 0 Å². The lowest BCUT2D eigenvalue weighted by Gasteiger charge is -2.38. The Morgan fingerprint density at radius 2 is 1.43 bits per heavy atom. The van der Waals surface area contributed by atoms with E-state index < -0.39 is 36.0 Å². The van der Waals surface area contributed by atoms with Crippen LogP contribution in [0.3, 0.4) is 0 Å². The van der Waals surface area contributed by atoms with Gasteiger partial charge < -0.3 is 30.7 Å². The Morgan fingerprint density at radius 3 is 2.14 bits per heavy atom. The minimum Gasteiger partial charge on any atom is -0.494 e. The summed E-state index contributed by atoms with van der Waals surface area (Å²) in [6.07, 6.45) is 3.73. The SMILES string of the molecule is CCOc1ccc(C[C@@H]2NC(=O)[C@H](CCCCO)NC(=O)[C@H]3CCCCN3C(=O)[C@H](Cc3ccccc3)NC2=O)cc1. The smallest absolute Gasteiger partial charge is 0.246 e. The number of nitrogens with one attached hydrogen (secondary N) is 3. The zero-order valence-corrected chi connectivity index (χ0v) is 24.2. The molecule has 2 aliphatic rings. The van der Waals surface area contributed by atoms with E-state index in [0.717, 1.165) is 24.0 Å². The third-order valence-corrected chi connectivity index (χ3v) is 7.83. The molecule has 0 radical (unpaired) electrons. The van der Waals surface area contributed by atoms with Crippen molar-refractivity contribution in [2.75, 3.05) is 19.8 Å². The molecule has 2 aliphatic heterocycles. The van der Waals surface area contributed by atoms with Crippen molar-refractivity contribution in [2.45, 2.75) is 82.5 Å². The number of rotatable bonds is 10. The third-order valence-electron chi connectivity index (χ3n) is 7.83. The van der Waals surface area contributed by atoms with Crippen LogP contribution < -0.4 is 20.7 Å². The number of hydrogen-bond donors (Lipinski definition) is 4. The zero-order valence-electron chi connectivity index (χ0n) is 24.2. The maximum atomic E-state index is 14.0. The molecule has 0 aromatic heterocycles. The molecule has 2 aromatic rings. The Morgan fingerprint density at radius 1 is 0.786 bits per heavy atom. The van der Waals surface area contributed by atoms with E-state index in [1.54, 1.807) is 4.90 Å². The lowest BCUT2D eigenvalue weighted by atomic mass is 9.96. The van der Waals surface area contributed by atoms with Crippen LogP contribution in [0.25, 0.3) is 0 Å². The van der Waals surface area contributed by atoms with Gasteiger partial charge in [0.15, 0.2) is 0 Å². The Hall–Kier alpha value is -3.92. The summed E-state index contributed by atoms with van der Waals surface area (Å²) >= 11 is 0. The number of hydrogen-bond acceptors (Lipinski definition) is 6. The van der Waals surface area contributed by atoms with Crippen molar-refractivity contribution in [1.29, 1.82) is 0 Å². The maximum Gasteiger partial charge on any atom is 0.246 e. The molecular formula is C32H42N4O6. The molecule has 2 fully saturated rings. The van der Waals surface area contributed by atoms with Gasteiger partial charge in [0.05, 0.1) is 6.61 Å². The summed E-state index contributed by atoms with van der Waals surface area (Å²) in [4.78, 5) is 56.6. The first-order valence-electron chi connectivity index (χ1n) is 15.0. The number of nitrogens with zero attached hydrogens (tertiary/aromatic N) is 1. The van der Waals surface area contributed by atoms with Gasteiger partial charge in [0.25, 0.3) is 0 Å². The van der Waals surface area contributed by atoms with Crippen molar-refractivity contribution >= 4 is 23.6 Å². The number of unbranched alkanes of at least 4 members (excludes halogenated alkanes) is 1. The van der Waals surface area contributed by atoms with E-state index in [1.165, 1.54) is 0 Å². The maximum absolute atomic E-state index is 14.0. The molecular weight excluding hydrogens is 536 g/mol. The van der Waals surface area contributed by atoms with Crippen LogP contribution in [0, 0.1) is 0 Å². The van der Waals surface area contributed by atoms with E-state index in [2.05, 4.69) is 16.0 Å². The van der Waals surface area contributed by atoms with Crippen molar-refractivity contribution in [3.05, 3.63) is 65.7 Å². The quantitative estimate of drug-likeness (QED) is 0.318. The summed E-state index contributed by atoms with van der Waals surface area (Å²) in [6, 6.07) is 13.2. The largest absolute Gasteiger partial charge is 0.494 e. The summed E-state index contributed by atoms with van der Waals surface area (Å²) < 4.78 is 5.53. The highest BCUT2D eigenvalue weighted by Crippen LogP contribution is 2.21. The number of carbonyl (C=O) groups is 4. The number of piperidine rings is 1. The third kappa shape index (κ3) is 8.31. The first-order chi connectivity index (χ1) is 20.4. The molecule has 4 N–H and O–H groups in total. The fourth-order valence-corrected chi connectivity index (χ4v) is 5.59. The number of aliphatic hydroxyl groups is 1. The van der Waals surface area contributed by atoms with E-state index in [0.29, 0.717) is 44.6 Å². The molecule has 226 valence electrons. The minimum absolute atomic E-state index is 0.0290. The summed E-state index contributed by atoms with van der Waals surface area (Å²) in [7, 11) is 0. The monoisotopic (exact) mass is 578 g/mol. The van der Waals surface area contributed by atoms with Crippen molar-refractivity contribution in [3.63, 3.8) is 0 Å². The molecule has 0 unspecified atom stereocenters. The lowest BCUT2D eigenvalue weighted by Crippen LogP contribution is -2.63. The second kappa shape index (κ2) is 15.3. The molecule has 42 heavy (non-hydrogen) atoms. The van der Waals surface area contributed by atoms with Gasteiger partial charge in [0.1, 0.15) is 29.9 Å². The molecule has 0 spiro atoms. The van der Waals surface area contributed by atoms with Crippen LogP contribution in [-0.2, 0) is 32.0 Å². The minimum atomic E-state index is -0.990. The second-order valence-corrected chi connectivity index (χ2v) is 10.9. The standard InChI is InChI=1S/C32H42N4O6/c1-2-42-24-16-14-23(15-17-24)20-26-30(39)35-27(21-22-10-4-3-5-11-22)32(41)36-18-8-6-13-28(36)31(40)33-25(29(38)34-26)12-7-9-19-37/h3-5,10-11,14-17,25-28,37H,2,6-9,12-13,18-21H2,1H3,(H,33,40)(H,34,38)(H,35,39)/t25-,26-,27-,28+/m0/s1. The molecule has 2 heterocycles. The van der Waals surface area contributed by atoms with Gasteiger partial charge >= 0.3 is 0 Å². The Balaban J connectivity index is 1.67. The van der Waals surface area contributed by atoms with Crippen LogP contribution in [-0.4, -0.2) is 77.6 Å². The average molecular weight is 579 g/mol. The normalized spacial score (nSPS) is 23.5. The fourth-order valence-electron chi connectivity index (χ4n) is 5.59. The van der Waals surface area contributed by atoms with Gasteiger partial charge in [-0.15, -0.1) is 0 Å². The number of carbonyl (C=O) groups excluding carboxylic acids is 4. The predicted octanol–water partition coefficient (Wildman–Crippen LogP) is 1.88. The van der Waals surface area contributed by atoms with Crippen molar-refractivity contribution in [2.24, 2.45) is 0 Å². The van der Waals surface area contributed by atoms with Gasteiger partial charge in [-0.25, -0.2) is 0 Å². The van der Waals surface area contributed by atoms with Crippen molar-refractivity contribution in [3.8, 4) is 5.75 Å². The fraction of sp³-hybridized carbons (Fsp3) is 0.500.